The minimum absolute atomic E-state index is 0.299. The summed E-state index contributed by atoms with van der Waals surface area (Å²) < 4.78 is 0. The molecule has 0 aliphatic heterocycles. The highest BCUT2D eigenvalue weighted by molar-refractivity contribution is 5.77. The molecule has 0 bridgehead atoms. The first kappa shape index (κ1) is 8.35. The molecular weight excluding hydrogens is 150 g/mol. The van der Waals surface area contributed by atoms with E-state index in [1.54, 1.807) is 6.07 Å². The molecular formula is C10H9NO. The molecule has 0 aliphatic carbocycles. The predicted octanol–water partition coefficient (Wildman–Crippen LogP) is 2.42. The summed E-state index contributed by atoms with van der Waals surface area (Å²) >= 11 is 0. The minimum Gasteiger partial charge on any atom is -0.514 e. The predicted molar refractivity (Wildman–Crippen MR) is 47.4 cm³/mol. The van der Waals surface area contributed by atoms with Crippen LogP contribution in [0.25, 0.3) is 5.57 Å². The Morgan fingerprint density at radius 3 is 2.67 bits per heavy atom. The molecule has 0 aromatic heterocycles. The summed E-state index contributed by atoms with van der Waals surface area (Å²) in [7, 11) is 0. The number of hydrogen-bond acceptors (Lipinski definition) is 2. The third-order valence-electron chi connectivity index (χ3n) is 1.68. The number of hydrogen-bond donors (Lipinski definition) is 1. The van der Waals surface area contributed by atoms with Gasteiger partial charge in [-0.3, -0.25) is 0 Å². The molecule has 0 saturated heterocycles. The first-order valence-corrected chi connectivity index (χ1v) is 3.60. The van der Waals surface area contributed by atoms with Crippen molar-refractivity contribution in [3.63, 3.8) is 0 Å². The van der Waals surface area contributed by atoms with Crippen LogP contribution in [0.2, 0.25) is 0 Å². The fourth-order valence-electron chi connectivity index (χ4n) is 1.03. The van der Waals surface area contributed by atoms with Gasteiger partial charge < -0.3 is 5.11 Å². The van der Waals surface area contributed by atoms with Crippen LogP contribution >= 0.6 is 0 Å². The average molecular weight is 159 g/mol. The van der Waals surface area contributed by atoms with Gasteiger partial charge >= 0.3 is 0 Å². The van der Waals surface area contributed by atoms with Crippen LogP contribution in [0.3, 0.4) is 0 Å². The van der Waals surface area contributed by atoms with Crippen molar-refractivity contribution < 1.29 is 5.11 Å². The Morgan fingerprint density at radius 1 is 1.50 bits per heavy atom. The average Bonchev–Trinajstić information content (AvgIpc) is 2.10. The van der Waals surface area contributed by atoms with Crippen molar-refractivity contribution in [2.75, 3.05) is 0 Å². The van der Waals surface area contributed by atoms with Crippen LogP contribution in [0.5, 0.6) is 0 Å². The van der Waals surface area contributed by atoms with E-state index in [9.17, 15) is 0 Å². The molecule has 1 rings (SSSR count). The summed E-state index contributed by atoms with van der Waals surface area (Å²) in [5.41, 5.74) is 2.06. The minimum atomic E-state index is 0.299. The van der Waals surface area contributed by atoms with Gasteiger partial charge in [0.1, 0.15) is 6.07 Å². The lowest BCUT2D eigenvalue weighted by molar-refractivity contribution is 0.476. The summed E-state index contributed by atoms with van der Waals surface area (Å²) in [6.07, 6.45) is 0.836. The monoisotopic (exact) mass is 159 g/mol. The van der Waals surface area contributed by atoms with Crippen molar-refractivity contribution in [3.05, 3.63) is 41.7 Å². The Balaban J connectivity index is 3.21. The Bertz CT molecular complexity index is 347. The quantitative estimate of drug-likeness (QED) is 0.505. The summed E-state index contributed by atoms with van der Waals surface area (Å²) in [5, 5.41) is 17.3. The molecule has 1 aromatic rings. The highest BCUT2D eigenvalue weighted by Crippen LogP contribution is 2.16. The smallest absolute Gasteiger partial charge is 0.103 e. The molecule has 12 heavy (non-hydrogen) atoms. The summed E-state index contributed by atoms with van der Waals surface area (Å²) in [4.78, 5) is 0. The van der Waals surface area contributed by atoms with Crippen LogP contribution in [0.1, 0.15) is 11.1 Å². The third-order valence-corrected chi connectivity index (χ3v) is 1.68. The van der Waals surface area contributed by atoms with Gasteiger partial charge in [-0.25, -0.2) is 0 Å². The van der Waals surface area contributed by atoms with Gasteiger partial charge in [-0.1, -0.05) is 24.3 Å². The van der Waals surface area contributed by atoms with Gasteiger partial charge in [-0.05, 0) is 18.1 Å². The van der Waals surface area contributed by atoms with E-state index in [0.29, 0.717) is 5.57 Å². The van der Waals surface area contributed by atoms with Crippen LogP contribution in [0.15, 0.2) is 30.5 Å². The van der Waals surface area contributed by atoms with Crippen molar-refractivity contribution in [1.82, 2.24) is 0 Å². The van der Waals surface area contributed by atoms with Gasteiger partial charge in [0.05, 0.1) is 11.8 Å². The number of nitriles is 1. The number of nitrogens with zero attached hydrogens (tertiary/aromatic N) is 1. The molecule has 0 unspecified atom stereocenters. The summed E-state index contributed by atoms with van der Waals surface area (Å²) in [5.74, 6) is 0. The summed E-state index contributed by atoms with van der Waals surface area (Å²) in [6.45, 7) is 1.90. The Kier molecular flexibility index (Phi) is 2.49. The molecule has 2 heteroatoms. The zero-order valence-electron chi connectivity index (χ0n) is 6.78. The second-order valence-corrected chi connectivity index (χ2v) is 2.47. The van der Waals surface area contributed by atoms with Gasteiger partial charge in [0, 0.05) is 0 Å². The first-order chi connectivity index (χ1) is 5.79. The zero-order chi connectivity index (χ0) is 8.97. The molecule has 0 atom stereocenters. The highest BCUT2D eigenvalue weighted by Gasteiger charge is 2.01. The fourth-order valence-corrected chi connectivity index (χ4v) is 1.03. The molecule has 1 N–H and O–H groups in total. The van der Waals surface area contributed by atoms with Crippen molar-refractivity contribution in [1.29, 1.82) is 5.26 Å². The molecule has 0 fully saturated rings. The maximum Gasteiger partial charge on any atom is 0.103 e. The molecule has 1 aromatic carbocycles. The van der Waals surface area contributed by atoms with E-state index >= 15 is 0 Å². The van der Waals surface area contributed by atoms with Crippen molar-refractivity contribution in [2.24, 2.45) is 0 Å². The standard InChI is InChI=1S/C10H9NO/c1-8-4-2-3-5-10(8)9(6-11)7-12/h2-5,7,12H,1H3. The SMILES string of the molecule is Cc1ccccc1C(C#N)=CO. The van der Waals surface area contributed by atoms with Crippen molar-refractivity contribution in [2.45, 2.75) is 6.92 Å². The van der Waals surface area contributed by atoms with E-state index in [0.717, 1.165) is 17.4 Å². The number of aliphatic hydroxyl groups is 1. The lowest BCUT2D eigenvalue weighted by Gasteiger charge is -2.00. The lowest BCUT2D eigenvalue weighted by Crippen LogP contribution is -1.85. The summed E-state index contributed by atoms with van der Waals surface area (Å²) in [6, 6.07) is 9.36. The van der Waals surface area contributed by atoms with E-state index in [1.165, 1.54) is 0 Å². The van der Waals surface area contributed by atoms with E-state index in [4.69, 9.17) is 10.4 Å². The van der Waals surface area contributed by atoms with Crippen LogP contribution in [-0.2, 0) is 0 Å². The van der Waals surface area contributed by atoms with Gasteiger partial charge in [0.15, 0.2) is 0 Å². The van der Waals surface area contributed by atoms with Crippen LogP contribution in [-0.4, -0.2) is 5.11 Å². The van der Waals surface area contributed by atoms with Gasteiger partial charge in [0.2, 0.25) is 0 Å². The second kappa shape index (κ2) is 3.59. The number of benzene rings is 1. The first-order valence-electron chi connectivity index (χ1n) is 3.60. The molecule has 0 saturated carbocycles. The van der Waals surface area contributed by atoms with Gasteiger partial charge in [-0.2, -0.15) is 5.26 Å². The fraction of sp³-hybridized carbons (Fsp3) is 0.100. The molecule has 0 radical (unpaired) electrons. The largest absolute Gasteiger partial charge is 0.514 e. The van der Waals surface area contributed by atoms with E-state index in [1.807, 2.05) is 31.2 Å². The lowest BCUT2D eigenvalue weighted by atomic mass is 10.0. The Morgan fingerprint density at radius 2 is 2.17 bits per heavy atom. The van der Waals surface area contributed by atoms with Gasteiger partial charge in [0.25, 0.3) is 0 Å². The molecule has 0 amide bonds. The van der Waals surface area contributed by atoms with E-state index < -0.39 is 0 Å². The molecule has 2 nitrogen and oxygen atoms in total. The number of aliphatic hydroxyl groups excluding tert-OH is 1. The van der Waals surface area contributed by atoms with Crippen LogP contribution in [0, 0.1) is 18.3 Å². The molecule has 0 heterocycles. The zero-order valence-corrected chi connectivity index (χ0v) is 6.78. The number of allylic oxidation sites excluding steroid dienone is 1. The van der Waals surface area contributed by atoms with Crippen LogP contribution in [0.4, 0.5) is 0 Å². The molecule has 0 aliphatic rings. The van der Waals surface area contributed by atoms with Crippen LogP contribution < -0.4 is 0 Å². The highest BCUT2D eigenvalue weighted by atomic mass is 16.2. The Hall–Kier alpha value is -1.75. The topological polar surface area (TPSA) is 44.0 Å². The second-order valence-electron chi connectivity index (χ2n) is 2.47. The maximum absolute atomic E-state index is 8.72. The Labute approximate surface area is 71.4 Å². The normalized spacial score (nSPS) is 10.8. The van der Waals surface area contributed by atoms with E-state index in [2.05, 4.69) is 0 Å². The number of rotatable bonds is 1. The molecule has 60 valence electrons. The third kappa shape index (κ3) is 1.46. The van der Waals surface area contributed by atoms with E-state index in [-0.39, 0.29) is 0 Å². The molecule has 0 spiro atoms. The maximum atomic E-state index is 8.72. The van der Waals surface area contributed by atoms with Crippen molar-refractivity contribution in [3.8, 4) is 6.07 Å². The van der Waals surface area contributed by atoms with Crippen molar-refractivity contribution >= 4 is 5.57 Å². The van der Waals surface area contributed by atoms with Gasteiger partial charge in [-0.15, -0.1) is 0 Å². The number of aryl methyl sites for hydroxylation is 1.